The van der Waals surface area contributed by atoms with Crippen LogP contribution in [0, 0.1) is 20.2 Å². The third-order valence-electron chi connectivity index (χ3n) is 4.72. The number of fused-ring (bicyclic) bond motifs is 1. The smallest absolute Gasteiger partial charge is 0.301 e. The van der Waals surface area contributed by atoms with E-state index in [1.54, 1.807) is 0 Å². The molecule has 3 aromatic carbocycles. The molecule has 0 saturated heterocycles. The van der Waals surface area contributed by atoms with Gasteiger partial charge in [-0.25, -0.2) is 0 Å². The summed E-state index contributed by atoms with van der Waals surface area (Å²) in [5.74, 6) is 0.663. The van der Waals surface area contributed by atoms with Crippen LogP contribution in [0.15, 0.2) is 77.9 Å². The van der Waals surface area contributed by atoms with Crippen molar-refractivity contribution in [2.75, 3.05) is 5.43 Å². The zero-order valence-corrected chi connectivity index (χ0v) is 15.6. The van der Waals surface area contributed by atoms with E-state index in [1.807, 2.05) is 54.6 Å². The second-order valence-electron chi connectivity index (χ2n) is 6.60. The van der Waals surface area contributed by atoms with Gasteiger partial charge in [-0.3, -0.25) is 25.7 Å². The highest BCUT2D eigenvalue weighted by Crippen LogP contribution is 2.35. The minimum absolute atomic E-state index is 0.0679. The molecule has 0 spiro atoms. The molecule has 0 fully saturated rings. The van der Waals surface area contributed by atoms with E-state index in [1.165, 1.54) is 12.1 Å². The Morgan fingerprint density at radius 3 is 2.40 bits per heavy atom. The molecule has 3 aromatic rings. The number of rotatable bonds is 5. The van der Waals surface area contributed by atoms with E-state index in [0.29, 0.717) is 17.9 Å². The fourth-order valence-electron chi connectivity index (χ4n) is 3.25. The van der Waals surface area contributed by atoms with Crippen LogP contribution in [0.5, 0.6) is 5.75 Å². The molecule has 1 aliphatic rings. The van der Waals surface area contributed by atoms with Crippen molar-refractivity contribution in [3.63, 3.8) is 0 Å². The highest BCUT2D eigenvalue weighted by molar-refractivity contribution is 6.04. The van der Waals surface area contributed by atoms with E-state index in [9.17, 15) is 20.2 Å². The van der Waals surface area contributed by atoms with Crippen LogP contribution in [0.4, 0.5) is 17.1 Å². The molecule has 1 heterocycles. The normalized spacial score (nSPS) is 16.4. The number of nitrogens with zero attached hydrogens (tertiary/aromatic N) is 3. The van der Waals surface area contributed by atoms with Crippen molar-refractivity contribution >= 4 is 22.8 Å². The molecular formula is C21H16N4O5. The first-order valence-electron chi connectivity index (χ1n) is 9.09. The summed E-state index contributed by atoms with van der Waals surface area (Å²) in [5.41, 5.74) is 4.43. The Labute approximate surface area is 170 Å². The number of nitro groups is 2. The average Bonchev–Trinajstić information content (AvgIpc) is 2.77. The van der Waals surface area contributed by atoms with E-state index in [-0.39, 0.29) is 17.5 Å². The molecule has 9 nitrogen and oxygen atoms in total. The second-order valence-corrected chi connectivity index (χ2v) is 6.60. The molecule has 0 aliphatic carbocycles. The van der Waals surface area contributed by atoms with Crippen molar-refractivity contribution in [1.29, 1.82) is 0 Å². The van der Waals surface area contributed by atoms with Gasteiger partial charge in [0, 0.05) is 18.1 Å². The first kappa shape index (κ1) is 19.1. The molecule has 0 saturated carbocycles. The third kappa shape index (κ3) is 3.81. The summed E-state index contributed by atoms with van der Waals surface area (Å²) < 4.78 is 6.11. The molecule has 150 valence electrons. The maximum Gasteiger partial charge on any atom is 0.301 e. The SMILES string of the molecule is O=[N+]([O-])c1ccc(N/N=C2/CC(c3ccccc3)Oc3ccccc32)c([N+](=O)[O-])c1. The van der Waals surface area contributed by atoms with Gasteiger partial charge in [-0.1, -0.05) is 42.5 Å². The molecule has 30 heavy (non-hydrogen) atoms. The largest absolute Gasteiger partial charge is 0.485 e. The number of hydrogen-bond donors (Lipinski definition) is 1. The number of non-ortho nitro benzene ring substituents is 1. The number of nitro benzene ring substituents is 2. The van der Waals surface area contributed by atoms with Gasteiger partial charge in [0.15, 0.2) is 0 Å². The molecule has 0 amide bonds. The lowest BCUT2D eigenvalue weighted by molar-refractivity contribution is -0.393. The predicted octanol–water partition coefficient (Wildman–Crippen LogP) is 4.84. The van der Waals surface area contributed by atoms with Crippen LogP contribution in [0.2, 0.25) is 0 Å². The van der Waals surface area contributed by atoms with Gasteiger partial charge in [0.1, 0.15) is 17.5 Å². The van der Waals surface area contributed by atoms with Crippen molar-refractivity contribution in [2.24, 2.45) is 5.10 Å². The van der Waals surface area contributed by atoms with Gasteiger partial charge >= 0.3 is 5.69 Å². The summed E-state index contributed by atoms with van der Waals surface area (Å²) >= 11 is 0. The van der Waals surface area contributed by atoms with Crippen LogP contribution < -0.4 is 10.2 Å². The lowest BCUT2D eigenvalue weighted by atomic mass is 9.96. The van der Waals surface area contributed by atoms with Crippen molar-refractivity contribution in [2.45, 2.75) is 12.5 Å². The van der Waals surface area contributed by atoms with Crippen LogP contribution in [0.1, 0.15) is 23.7 Å². The molecular weight excluding hydrogens is 388 g/mol. The topological polar surface area (TPSA) is 120 Å². The number of hydrogen-bond acceptors (Lipinski definition) is 7. The monoisotopic (exact) mass is 404 g/mol. The molecule has 0 aromatic heterocycles. The zero-order chi connectivity index (χ0) is 21.1. The van der Waals surface area contributed by atoms with E-state index < -0.39 is 15.5 Å². The number of anilines is 1. The summed E-state index contributed by atoms with van der Waals surface area (Å²) in [6.07, 6.45) is 0.197. The summed E-state index contributed by atoms with van der Waals surface area (Å²) in [6, 6.07) is 20.5. The summed E-state index contributed by atoms with van der Waals surface area (Å²) in [7, 11) is 0. The Balaban J connectivity index is 1.69. The average molecular weight is 404 g/mol. The Bertz CT molecular complexity index is 1150. The number of para-hydroxylation sites is 1. The molecule has 1 atom stereocenters. The Kier molecular flexibility index (Phi) is 5.08. The minimum atomic E-state index is -0.680. The number of benzene rings is 3. The quantitative estimate of drug-likeness (QED) is 0.480. The molecule has 0 radical (unpaired) electrons. The molecule has 1 unspecified atom stereocenters. The van der Waals surface area contributed by atoms with Crippen molar-refractivity contribution in [3.8, 4) is 5.75 Å². The van der Waals surface area contributed by atoms with Crippen LogP contribution in [-0.4, -0.2) is 15.6 Å². The Morgan fingerprint density at radius 1 is 0.933 bits per heavy atom. The number of nitrogens with one attached hydrogen (secondary N) is 1. The van der Waals surface area contributed by atoms with Gasteiger partial charge < -0.3 is 4.74 Å². The van der Waals surface area contributed by atoms with Crippen LogP contribution >= 0.6 is 0 Å². The summed E-state index contributed by atoms with van der Waals surface area (Å²) in [5, 5.41) is 26.7. The molecule has 1 aliphatic heterocycles. The third-order valence-corrected chi connectivity index (χ3v) is 4.72. The maximum absolute atomic E-state index is 11.4. The highest BCUT2D eigenvalue weighted by atomic mass is 16.6. The van der Waals surface area contributed by atoms with Crippen molar-refractivity contribution in [3.05, 3.63) is 104 Å². The first-order chi connectivity index (χ1) is 14.5. The first-order valence-corrected chi connectivity index (χ1v) is 9.09. The zero-order valence-electron chi connectivity index (χ0n) is 15.6. The fraction of sp³-hybridized carbons (Fsp3) is 0.0952. The molecule has 1 N–H and O–H groups in total. The van der Waals surface area contributed by atoms with E-state index in [2.05, 4.69) is 10.5 Å². The molecule has 4 rings (SSSR count). The van der Waals surface area contributed by atoms with Gasteiger partial charge in [-0.05, 0) is 23.8 Å². The van der Waals surface area contributed by atoms with E-state index in [0.717, 1.165) is 17.2 Å². The summed E-state index contributed by atoms with van der Waals surface area (Å²) in [4.78, 5) is 20.9. The molecule has 0 bridgehead atoms. The van der Waals surface area contributed by atoms with Crippen LogP contribution in [0.25, 0.3) is 0 Å². The lowest BCUT2D eigenvalue weighted by Gasteiger charge is -2.27. The molecule has 9 heteroatoms. The predicted molar refractivity (Wildman–Crippen MR) is 111 cm³/mol. The maximum atomic E-state index is 11.4. The van der Waals surface area contributed by atoms with Gasteiger partial charge in [0.25, 0.3) is 5.69 Å². The highest BCUT2D eigenvalue weighted by Gasteiger charge is 2.26. The number of ether oxygens (including phenoxy) is 1. The van der Waals surface area contributed by atoms with Gasteiger partial charge in [0.2, 0.25) is 0 Å². The van der Waals surface area contributed by atoms with E-state index in [4.69, 9.17) is 4.74 Å². The van der Waals surface area contributed by atoms with Gasteiger partial charge in [0.05, 0.1) is 21.6 Å². The van der Waals surface area contributed by atoms with Crippen LogP contribution in [-0.2, 0) is 0 Å². The lowest BCUT2D eigenvalue weighted by Crippen LogP contribution is -2.21. The summed E-state index contributed by atoms with van der Waals surface area (Å²) in [6.45, 7) is 0. The van der Waals surface area contributed by atoms with E-state index >= 15 is 0 Å². The van der Waals surface area contributed by atoms with Gasteiger partial charge in [-0.15, -0.1) is 0 Å². The Morgan fingerprint density at radius 2 is 1.67 bits per heavy atom. The van der Waals surface area contributed by atoms with Gasteiger partial charge in [-0.2, -0.15) is 5.10 Å². The Hall–Kier alpha value is -4.27. The standard InChI is InChI=1S/C21H16N4O5/c26-24(27)15-10-11-17(19(12-15)25(28)29)22-23-18-13-21(14-6-2-1-3-7-14)30-20-9-5-4-8-16(18)20/h1-12,21-22H,13H2/b23-18-. The van der Waals surface area contributed by atoms with Crippen molar-refractivity contribution in [1.82, 2.24) is 0 Å². The fourth-order valence-corrected chi connectivity index (χ4v) is 3.25. The second kappa shape index (κ2) is 8.00. The minimum Gasteiger partial charge on any atom is -0.485 e. The van der Waals surface area contributed by atoms with Crippen LogP contribution in [0.3, 0.4) is 0 Å². The number of hydrazone groups is 1. The van der Waals surface area contributed by atoms with Crippen molar-refractivity contribution < 1.29 is 14.6 Å².